The SMILES string of the molecule is CCCCCC[C@@](C)(O)CC. The fourth-order valence-corrected chi connectivity index (χ4v) is 1.11. The molecule has 11 heavy (non-hydrogen) atoms. The van der Waals surface area contributed by atoms with Crippen LogP contribution in [0.2, 0.25) is 0 Å². The molecule has 0 aromatic carbocycles. The van der Waals surface area contributed by atoms with Gasteiger partial charge in [-0.25, -0.2) is 0 Å². The van der Waals surface area contributed by atoms with E-state index in [0.717, 1.165) is 12.8 Å². The summed E-state index contributed by atoms with van der Waals surface area (Å²) in [4.78, 5) is 0. The number of hydrogen-bond acceptors (Lipinski definition) is 1. The highest BCUT2D eigenvalue weighted by molar-refractivity contribution is 4.69. The maximum absolute atomic E-state index is 9.62. The first-order chi connectivity index (χ1) is 5.12. The van der Waals surface area contributed by atoms with Crippen LogP contribution in [0.1, 0.15) is 59.3 Å². The van der Waals surface area contributed by atoms with E-state index in [9.17, 15) is 5.11 Å². The second kappa shape index (κ2) is 5.59. The highest BCUT2D eigenvalue weighted by Crippen LogP contribution is 2.17. The van der Waals surface area contributed by atoms with E-state index in [4.69, 9.17) is 0 Å². The van der Waals surface area contributed by atoms with Crippen LogP contribution >= 0.6 is 0 Å². The van der Waals surface area contributed by atoms with Crippen LogP contribution in [0.3, 0.4) is 0 Å². The number of aliphatic hydroxyl groups is 1. The standard InChI is InChI=1S/C10H22O/c1-4-6-7-8-9-10(3,11)5-2/h11H,4-9H2,1-3H3/t10-/m0/s1. The average Bonchev–Trinajstić information content (AvgIpc) is 1.99. The van der Waals surface area contributed by atoms with Crippen molar-refractivity contribution < 1.29 is 5.11 Å². The number of unbranched alkanes of at least 4 members (excludes halogenated alkanes) is 3. The Labute approximate surface area is 70.8 Å². The largest absolute Gasteiger partial charge is 0.390 e. The van der Waals surface area contributed by atoms with E-state index < -0.39 is 5.60 Å². The zero-order chi connectivity index (χ0) is 8.74. The third-order valence-corrected chi connectivity index (χ3v) is 2.33. The summed E-state index contributed by atoms with van der Waals surface area (Å²) in [6.07, 6.45) is 6.86. The molecule has 0 aliphatic heterocycles. The molecule has 0 aliphatic carbocycles. The molecule has 0 rings (SSSR count). The Hall–Kier alpha value is -0.0400. The Bertz CT molecular complexity index is 86.9. The molecule has 0 amide bonds. The second-order valence-electron chi connectivity index (χ2n) is 3.66. The van der Waals surface area contributed by atoms with Gasteiger partial charge in [0.2, 0.25) is 0 Å². The quantitative estimate of drug-likeness (QED) is 0.589. The molecule has 0 fully saturated rings. The summed E-state index contributed by atoms with van der Waals surface area (Å²) in [5, 5.41) is 9.62. The molecule has 0 aliphatic rings. The molecule has 0 bridgehead atoms. The molecule has 0 heterocycles. The van der Waals surface area contributed by atoms with Gasteiger partial charge in [0.25, 0.3) is 0 Å². The molecule has 0 aromatic rings. The van der Waals surface area contributed by atoms with Crippen molar-refractivity contribution in [3.8, 4) is 0 Å². The van der Waals surface area contributed by atoms with Gasteiger partial charge >= 0.3 is 0 Å². The third kappa shape index (κ3) is 6.36. The zero-order valence-corrected chi connectivity index (χ0v) is 8.19. The van der Waals surface area contributed by atoms with E-state index >= 15 is 0 Å². The Kier molecular flexibility index (Phi) is 5.57. The molecule has 0 unspecified atom stereocenters. The van der Waals surface area contributed by atoms with Gasteiger partial charge in [0.1, 0.15) is 0 Å². The first-order valence-electron chi connectivity index (χ1n) is 4.84. The minimum absolute atomic E-state index is 0.409. The predicted octanol–water partition coefficient (Wildman–Crippen LogP) is 3.12. The highest BCUT2D eigenvalue weighted by Gasteiger charge is 2.15. The van der Waals surface area contributed by atoms with Gasteiger partial charge in [-0.2, -0.15) is 0 Å². The lowest BCUT2D eigenvalue weighted by atomic mass is 9.95. The lowest BCUT2D eigenvalue weighted by Gasteiger charge is -2.20. The highest BCUT2D eigenvalue weighted by atomic mass is 16.3. The van der Waals surface area contributed by atoms with Gasteiger partial charge in [-0.1, -0.05) is 39.5 Å². The van der Waals surface area contributed by atoms with Gasteiger partial charge in [-0.3, -0.25) is 0 Å². The summed E-state index contributed by atoms with van der Waals surface area (Å²) in [5.41, 5.74) is -0.409. The smallest absolute Gasteiger partial charge is 0.0617 e. The van der Waals surface area contributed by atoms with Crippen LogP contribution in [0, 0.1) is 0 Å². The fourth-order valence-electron chi connectivity index (χ4n) is 1.11. The first kappa shape index (κ1) is 11.0. The van der Waals surface area contributed by atoms with Crippen molar-refractivity contribution in [1.82, 2.24) is 0 Å². The molecule has 0 radical (unpaired) electrons. The third-order valence-electron chi connectivity index (χ3n) is 2.33. The van der Waals surface area contributed by atoms with Crippen molar-refractivity contribution in [2.45, 2.75) is 64.9 Å². The summed E-state index contributed by atoms with van der Waals surface area (Å²) in [5.74, 6) is 0. The van der Waals surface area contributed by atoms with Crippen molar-refractivity contribution in [2.24, 2.45) is 0 Å². The van der Waals surface area contributed by atoms with Crippen LogP contribution < -0.4 is 0 Å². The van der Waals surface area contributed by atoms with Crippen LogP contribution in [0.5, 0.6) is 0 Å². The summed E-state index contributed by atoms with van der Waals surface area (Å²) < 4.78 is 0. The second-order valence-corrected chi connectivity index (χ2v) is 3.66. The number of rotatable bonds is 6. The van der Waals surface area contributed by atoms with E-state index in [2.05, 4.69) is 6.92 Å². The minimum Gasteiger partial charge on any atom is -0.390 e. The Morgan fingerprint density at radius 3 is 2.18 bits per heavy atom. The summed E-state index contributed by atoms with van der Waals surface area (Å²) in [7, 11) is 0. The van der Waals surface area contributed by atoms with Gasteiger partial charge in [0, 0.05) is 0 Å². The molecule has 1 heteroatoms. The Balaban J connectivity index is 3.23. The fraction of sp³-hybridized carbons (Fsp3) is 1.00. The monoisotopic (exact) mass is 158 g/mol. The van der Waals surface area contributed by atoms with E-state index in [1.165, 1.54) is 25.7 Å². The molecular weight excluding hydrogens is 136 g/mol. The zero-order valence-electron chi connectivity index (χ0n) is 8.19. The van der Waals surface area contributed by atoms with Gasteiger partial charge in [0.05, 0.1) is 5.60 Å². The average molecular weight is 158 g/mol. The van der Waals surface area contributed by atoms with Gasteiger partial charge in [0.15, 0.2) is 0 Å². The minimum atomic E-state index is -0.409. The molecule has 68 valence electrons. The van der Waals surface area contributed by atoms with Crippen LogP contribution in [0.25, 0.3) is 0 Å². The Morgan fingerprint density at radius 1 is 1.09 bits per heavy atom. The number of hydrogen-bond donors (Lipinski definition) is 1. The van der Waals surface area contributed by atoms with Gasteiger partial charge in [-0.15, -0.1) is 0 Å². The molecule has 0 spiro atoms. The molecule has 1 nitrogen and oxygen atoms in total. The van der Waals surface area contributed by atoms with E-state index in [0.29, 0.717) is 0 Å². The predicted molar refractivity (Wildman–Crippen MR) is 49.7 cm³/mol. The topological polar surface area (TPSA) is 20.2 Å². The molecular formula is C10H22O. The summed E-state index contributed by atoms with van der Waals surface area (Å²) in [6.45, 7) is 6.18. The van der Waals surface area contributed by atoms with Gasteiger partial charge in [-0.05, 0) is 19.8 Å². The molecule has 1 atom stereocenters. The summed E-state index contributed by atoms with van der Waals surface area (Å²) in [6, 6.07) is 0. The van der Waals surface area contributed by atoms with Crippen LogP contribution in [-0.2, 0) is 0 Å². The molecule has 0 saturated carbocycles. The van der Waals surface area contributed by atoms with Crippen LogP contribution in [0.15, 0.2) is 0 Å². The van der Waals surface area contributed by atoms with Crippen molar-refractivity contribution in [2.75, 3.05) is 0 Å². The molecule has 0 aromatic heterocycles. The molecule has 0 saturated heterocycles. The van der Waals surface area contributed by atoms with E-state index in [-0.39, 0.29) is 0 Å². The lowest BCUT2D eigenvalue weighted by Crippen LogP contribution is -2.22. The van der Waals surface area contributed by atoms with Crippen molar-refractivity contribution >= 4 is 0 Å². The van der Waals surface area contributed by atoms with Crippen LogP contribution in [0.4, 0.5) is 0 Å². The van der Waals surface area contributed by atoms with Gasteiger partial charge < -0.3 is 5.11 Å². The maximum Gasteiger partial charge on any atom is 0.0617 e. The maximum atomic E-state index is 9.62. The first-order valence-corrected chi connectivity index (χ1v) is 4.84. The normalized spacial score (nSPS) is 16.4. The Morgan fingerprint density at radius 2 is 1.73 bits per heavy atom. The van der Waals surface area contributed by atoms with Crippen molar-refractivity contribution in [3.05, 3.63) is 0 Å². The van der Waals surface area contributed by atoms with E-state index in [1.807, 2.05) is 13.8 Å². The summed E-state index contributed by atoms with van der Waals surface area (Å²) >= 11 is 0. The van der Waals surface area contributed by atoms with E-state index in [1.54, 1.807) is 0 Å². The van der Waals surface area contributed by atoms with Crippen molar-refractivity contribution in [3.63, 3.8) is 0 Å². The lowest BCUT2D eigenvalue weighted by molar-refractivity contribution is 0.0442. The van der Waals surface area contributed by atoms with Crippen LogP contribution in [-0.4, -0.2) is 10.7 Å². The van der Waals surface area contributed by atoms with Crippen molar-refractivity contribution in [1.29, 1.82) is 0 Å². The molecule has 1 N–H and O–H groups in total.